The second-order valence-electron chi connectivity index (χ2n) is 4.71. The Hall–Kier alpha value is -3.69. The molecule has 0 spiro atoms. The number of methoxy groups -OCH3 is 1. The Kier molecular flexibility index (Phi) is 5.46. The van der Waals surface area contributed by atoms with Gasteiger partial charge in [-0.15, -0.1) is 0 Å². The number of carbonyl (C=O) groups is 2. The highest BCUT2D eigenvalue weighted by atomic mass is 16.6. The molecule has 0 aliphatic rings. The molecule has 25 heavy (non-hydrogen) atoms. The Labute approximate surface area is 141 Å². The fourth-order valence-corrected chi connectivity index (χ4v) is 1.84. The van der Waals surface area contributed by atoms with Gasteiger partial charge in [-0.3, -0.25) is 14.9 Å². The van der Waals surface area contributed by atoms with E-state index in [1.165, 1.54) is 31.4 Å². The van der Waals surface area contributed by atoms with Crippen molar-refractivity contribution in [1.82, 2.24) is 0 Å². The molecule has 0 fully saturated rings. The van der Waals surface area contributed by atoms with Crippen molar-refractivity contribution >= 4 is 23.3 Å². The molecule has 2 aromatic rings. The summed E-state index contributed by atoms with van der Waals surface area (Å²) in [6, 6.07) is 6.38. The van der Waals surface area contributed by atoms with E-state index in [1.54, 1.807) is 0 Å². The van der Waals surface area contributed by atoms with Crippen LogP contribution in [0.2, 0.25) is 0 Å². The predicted molar refractivity (Wildman–Crippen MR) is 84.0 cm³/mol. The molecule has 0 bridgehead atoms. The van der Waals surface area contributed by atoms with Crippen molar-refractivity contribution in [2.45, 2.75) is 0 Å². The molecule has 1 amide bonds. The van der Waals surface area contributed by atoms with Gasteiger partial charge in [0, 0.05) is 12.1 Å². The van der Waals surface area contributed by atoms with Gasteiger partial charge in [0.05, 0.1) is 23.7 Å². The lowest BCUT2D eigenvalue weighted by molar-refractivity contribution is -0.605. The Morgan fingerprint density at radius 2 is 1.92 bits per heavy atom. The molecule has 0 unspecified atom stereocenters. The summed E-state index contributed by atoms with van der Waals surface area (Å²) in [5.74, 6) is -1.30. The zero-order valence-corrected chi connectivity index (χ0v) is 13.0. The summed E-state index contributed by atoms with van der Waals surface area (Å²) in [5.41, 5.74) is -0.323. The maximum atomic E-state index is 11.8. The van der Waals surface area contributed by atoms with Gasteiger partial charge >= 0.3 is 5.97 Å². The molecule has 0 saturated heterocycles. The summed E-state index contributed by atoms with van der Waals surface area (Å²) in [4.78, 5) is 33.9. The summed E-state index contributed by atoms with van der Waals surface area (Å²) in [6.45, 7) is -0.645. The van der Waals surface area contributed by atoms with E-state index < -0.39 is 23.4 Å². The number of hydrogen-bond acceptors (Lipinski definition) is 7. The molecule has 0 aliphatic heterocycles. The van der Waals surface area contributed by atoms with Crippen molar-refractivity contribution in [3.63, 3.8) is 0 Å². The summed E-state index contributed by atoms with van der Waals surface area (Å²) in [5, 5.41) is 24.2. The molecule has 1 heterocycles. The third kappa shape index (κ3) is 4.64. The molecule has 0 atom stereocenters. The molecule has 10 nitrogen and oxygen atoms in total. The van der Waals surface area contributed by atoms with Gasteiger partial charge in [0.1, 0.15) is 11.4 Å². The van der Waals surface area contributed by atoms with Crippen LogP contribution >= 0.6 is 0 Å². The van der Waals surface area contributed by atoms with Gasteiger partial charge < -0.3 is 20.0 Å². The van der Waals surface area contributed by atoms with Gasteiger partial charge in [-0.25, -0.2) is 4.79 Å². The first-order valence-electron chi connectivity index (χ1n) is 6.89. The number of benzene rings is 1. The average molecular weight is 347 g/mol. The van der Waals surface area contributed by atoms with Crippen molar-refractivity contribution in [3.05, 3.63) is 63.6 Å². The summed E-state index contributed by atoms with van der Waals surface area (Å²) in [6.07, 6.45) is 2.22. The van der Waals surface area contributed by atoms with E-state index in [1.807, 2.05) is 0 Å². The van der Waals surface area contributed by atoms with E-state index in [-0.39, 0.29) is 22.7 Å². The van der Waals surface area contributed by atoms with Crippen LogP contribution in [-0.4, -0.2) is 30.5 Å². The molecule has 130 valence electrons. The van der Waals surface area contributed by atoms with Crippen LogP contribution in [0.1, 0.15) is 10.4 Å². The quantitative estimate of drug-likeness (QED) is 0.271. The maximum absolute atomic E-state index is 11.8. The minimum Gasteiger partial charge on any atom is -0.619 e. The van der Waals surface area contributed by atoms with Crippen molar-refractivity contribution in [2.75, 3.05) is 19.0 Å². The van der Waals surface area contributed by atoms with Crippen LogP contribution in [0.5, 0.6) is 5.75 Å². The zero-order valence-electron chi connectivity index (χ0n) is 13.0. The van der Waals surface area contributed by atoms with E-state index in [4.69, 9.17) is 9.47 Å². The van der Waals surface area contributed by atoms with Crippen molar-refractivity contribution < 1.29 is 28.7 Å². The number of ether oxygens (including phenoxy) is 2. The molecular formula is C15H13N3O7. The molecule has 0 saturated carbocycles. The number of nitrogens with zero attached hydrogens (tertiary/aromatic N) is 2. The Morgan fingerprint density at radius 3 is 2.52 bits per heavy atom. The summed E-state index contributed by atoms with van der Waals surface area (Å²) >= 11 is 0. The van der Waals surface area contributed by atoms with Crippen LogP contribution in [0.15, 0.2) is 42.7 Å². The highest BCUT2D eigenvalue weighted by Gasteiger charge is 2.18. The monoisotopic (exact) mass is 347 g/mol. The van der Waals surface area contributed by atoms with Crippen LogP contribution in [0, 0.1) is 15.3 Å². The van der Waals surface area contributed by atoms with Crippen molar-refractivity contribution in [2.24, 2.45) is 0 Å². The van der Waals surface area contributed by atoms with E-state index in [2.05, 4.69) is 5.32 Å². The minimum absolute atomic E-state index is 0.0565. The highest BCUT2D eigenvalue weighted by Crippen LogP contribution is 2.28. The molecule has 0 aliphatic carbocycles. The second kappa shape index (κ2) is 7.73. The number of pyridine rings is 1. The van der Waals surface area contributed by atoms with Gasteiger partial charge in [0.25, 0.3) is 11.6 Å². The van der Waals surface area contributed by atoms with Crippen molar-refractivity contribution in [1.29, 1.82) is 0 Å². The SMILES string of the molecule is COc1ccc(NC(=O)COC(=O)c2cc[n+]([O-])cc2)c([N+](=O)[O-])c1. The standard InChI is InChI=1S/C15H13N3O7/c1-24-11-2-3-12(13(8-11)18(22)23)16-14(19)9-25-15(20)10-4-6-17(21)7-5-10/h2-8H,9H2,1H3,(H,16,19). The first-order valence-corrected chi connectivity index (χ1v) is 6.89. The largest absolute Gasteiger partial charge is 0.619 e. The molecule has 1 N–H and O–H groups in total. The lowest BCUT2D eigenvalue weighted by Gasteiger charge is -2.08. The first kappa shape index (κ1) is 17.7. The lowest BCUT2D eigenvalue weighted by atomic mass is 10.2. The molecule has 10 heteroatoms. The van der Waals surface area contributed by atoms with E-state index in [0.717, 1.165) is 18.5 Å². The fourth-order valence-electron chi connectivity index (χ4n) is 1.84. The van der Waals surface area contributed by atoms with Crippen LogP contribution in [0.25, 0.3) is 0 Å². The van der Waals surface area contributed by atoms with E-state index in [0.29, 0.717) is 4.73 Å². The number of nitro benzene ring substituents is 1. The molecule has 1 aromatic carbocycles. The minimum atomic E-state index is -0.806. The lowest BCUT2D eigenvalue weighted by Crippen LogP contribution is -2.25. The van der Waals surface area contributed by atoms with Crippen LogP contribution in [0.3, 0.4) is 0 Å². The van der Waals surface area contributed by atoms with Gasteiger partial charge in [-0.1, -0.05) is 0 Å². The number of amides is 1. The third-order valence-electron chi connectivity index (χ3n) is 3.05. The van der Waals surface area contributed by atoms with Gasteiger partial charge in [0.15, 0.2) is 19.0 Å². The number of anilines is 1. The first-order chi connectivity index (χ1) is 11.9. The van der Waals surface area contributed by atoms with Gasteiger partial charge in [-0.05, 0) is 12.1 Å². The normalized spacial score (nSPS) is 9.96. The van der Waals surface area contributed by atoms with Crippen LogP contribution < -0.4 is 14.8 Å². The fraction of sp³-hybridized carbons (Fsp3) is 0.133. The number of carbonyl (C=O) groups excluding carboxylic acids is 2. The topological polar surface area (TPSA) is 135 Å². The Morgan fingerprint density at radius 1 is 1.24 bits per heavy atom. The number of rotatable bonds is 6. The molecule has 0 radical (unpaired) electrons. The van der Waals surface area contributed by atoms with Gasteiger partial charge in [0.2, 0.25) is 0 Å². The van der Waals surface area contributed by atoms with Crippen LogP contribution in [0.4, 0.5) is 11.4 Å². The summed E-state index contributed by atoms with van der Waals surface area (Å²) in [7, 11) is 1.36. The highest BCUT2D eigenvalue weighted by molar-refractivity contribution is 5.96. The number of hydrogen-bond donors (Lipinski definition) is 1. The Balaban J connectivity index is 1.99. The van der Waals surface area contributed by atoms with Crippen molar-refractivity contribution in [3.8, 4) is 5.75 Å². The molecule has 2 rings (SSSR count). The van der Waals surface area contributed by atoms with E-state index in [9.17, 15) is 24.9 Å². The maximum Gasteiger partial charge on any atom is 0.339 e. The van der Waals surface area contributed by atoms with Gasteiger partial charge in [-0.2, -0.15) is 4.73 Å². The molecule has 1 aromatic heterocycles. The zero-order chi connectivity index (χ0) is 18.4. The molecular weight excluding hydrogens is 334 g/mol. The Bertz CT molecular complexity index is 805. The summed E-state index contributed by atoms with van der Waals surface area (Å²) < 4.78 is 10.2. The average Bonchev–Trinajstić information content (AvgIpc) is 2.60. The van der Waals surface area contributed by atoms with E-state index >= 15 is 0 Å². The third-order valence-corrected chi connectivity index (χ3v) is 3.05. The smallest absolute Gasteiger partial charge is 0.339 e. The predicted octanol–water partition coefficient (Wildman–Crippen LogP) is 1.03. The number of nitro groups is 1. The van der Waals surface area contributed by atoms with Crippen LogP contribution in [-0.2, 0) is 9.53 Å². The number of esters is 1. The number of aromatic nitrogens is 1. The number of nitrogens with one attached hydrogen (secondary N) is 1. The second-order valence-corrected chi connectivity index (χ2v) is 4.71.